The Morgan fingerprint density at radius 2 is 1.25 bits per heavy atom. The van der Waals surface area contributed by atoms with E-state index in [9.17, 15) is 20.4 Å². The van der Waals surface area contributed by atoms with Gasteiger partial charge in [0.1, 0.15) is 34.5 Å². The Morgan fingerprint density at radius 3 is 1.97 bits per heavy atom. The first-order valence-corrected chi connectivity index (χ1v) is 11.9. The summed E-state index contributed by atoms with van der Waals surface area (Å²) in [4.78, 5) is 0. The van der Waals surface area contributed by atoms with Gasteiger partial charge in [-0.3, -0.25) is 0 Å². The molecule has 4 aromatic rings. The predicted molar refractivity (Wildman–Crippen MR) is 137 cm³/mol. The zero-order chi connectivity index (χ0) is 25.1. The fourth-order valence-electron chi connectivity index (χ4n) is 5.74. The molecular formula is C30H26O6. The van der Waals surface area contributed by atoms with Gasteiger partial charge in [-0.1, -0.05) is 6.07 Å². The average Bonchev–Trinajstić information content (AvgIpc) is 2.87. The van der Waals surface area contributed by atoms with Crippen molar-refractivity contribution in [3.8, 4) is 67.9 Å². The maximum absolute atomic E-state index is 11.6. The van der Waals surface area contributed by atoms with Crippen LogP contribution in [0.5, 0.6) is 34.5 Å². The van der Waals surface area contributed by atoms with Crippen LogP contribution >= 0.6 is 0 Å². The Labute approximate surface area is 208 Å². The highest BCUT2D eigenvalue weighted by Gasteiger charge is 2.29. The van der Waals surface area contributed by atoms with E-state index in [4.69, 9.17) is 9.47 Å². The minimum atomic E-state index is 0.0150. The van der Waals surface area contributed by atoms with Gasteiger partial charge >= 0.3 is 0 Å². The molecule has 0 saturated carbocycles. The summed E-state index contributed by atoms with van der Waals surface area (Å²) < 4.78 is 11.0. The zero-order valence-corrected chi connectivity index (χ0v) is 20.1. The first-order valence-electron chi connectivity index (χ1n) is 11.9. The molecule has 36 heavy (non-hydrogen) atoms. The molecule has 6 nitrogen and oxygen atoms in total. The van der Waals surface area contributed by atoms with Gasteiger partial charge in [0.15, 0.2) is 0 Å². The van der Waals surface area contributed by atoms with Crippen LogP contribution in [0, 0.1) is 0 Å². The summed E-state index contributed by atoms with van der Waals surface area (Å²) in [6, 6.07) is 14.1. The van der Waals surface area contributed by atoms with Crippen molar-refractivity contribution < 1.29 is 29.9 Å². The standard InChI is InChI=1S/C30H26O6/c1-35-20-10-17-5-4-16-11-24(32)23(14-22(16)27(17)25(33)13-20)29-26(36-2)12-18-6-3-15-9-19(31)7-8-21(15)28(18)30(29)34/h7-14,31-34H,3-6H2,1-2H3. The van der Waals surface area contributed by atoms with Crippen molar-refractivity contribution in [2.45, 2.75) is 25.7 Å². The number of aryl methyl sites for hydroxylation is 4. The van der Waals surface area contributed by atoms with Gasteiger partial charge in [-0.05, 0) is 95.5 Å². The largest absolute Gasteiger partial charge is 0.508 e. The van der Waals surface area contributed by atoms with Gasteiger partial charge in [-0.15, -0.1) is 0 Å². The normalized spacial score (nSPS) is 13.3. The summed E-state index contributed by atoms with van der Waals surface area (Å²) in [5, 5.41) is 43.6. The Balaban J connectivity index is 1.60. The second-order valence-electron chi connectivity index (χ2n) is 9.39. The van der Waals surface area contributed by atoms with E-state index in [-0.39, 0.29) is 23.0 Å². The van der Waals surface area contributed by atoms with Crippen molar-refractivity contribution >= 4 is 0 Å². The zero-order valence-electron chi connectivity index (χ0n) is 20.1. The summed E-state index contributed by atoms with van der Waals surface area (Å²) >= 11 is 0. The van der Waals surface area contributed by atoms with Gasteiger partial charge < -0.3 is 29.9 Å². The maximum Gasteiger partial charge on any atom is 0.135 e. The summed E-state index contributed by atoms with van der Waals surface area (Å²) in [5.41, 5.74) is 7.62. The van der Waals surface area contributed by atoms with Crippen LogP contribution in [-0.4, -0.2) is 34.6 Å². The highest BCUT2D eigenvalue weighted by atomic mass is 16.5. The third-order valence-electron chi connectivity index (χ3n) is 7.42. The molecule has 0 radical (unpaired) electrons. The van der Waals surface area contributed by atoms with Gasteiger partial charge in [0.05, 0.1) is 19.8 Å². The molecule has 0 saturated heterocycles. The predicted octanol–water partition coefficient (Wildman–Crippen LogP) is 5.72. The second kappa shape index (κ2) is 8.12. The van der Waals surface area contributed by atoms with E-state index in [0.29, 0.717) is 53.0 Å². The molecule has 4 N–H and O–H groups in total. The van der Waals surface area contributed by atoms with E-state index in [1.165, 1.54) is 0 Å². The number of rotatable bonds is 3. The average molecular weight is 483 g/mol. The van der Waals surface area contributed by atoms with Gasteiger partial charge in [0.2, 0.25) is 0 Å². The topological polar surface area (TPSA) is 99.4 Å². The van der Waals surface area contributed by atoms with Crippen molar-refractivity contribution in [3.63, 3.8) is 0 Å². The lowest BCUT2D eigenvalue weighted by Crippen LogP contribution is -2.07. The molecule has 0 fully saturated rings. The molecule has 0 bridgehead atoms. The molecule has 0 heterocycles. The number of fused-ring (bicyclic) bond motifs is 6. The molecule has 0 aliphatic heterocycles. The number of aromatic hydroxyl groups is 4. The van der Waals surface area contributed by atoms with Crippen LogP contribution < -0.4 is 9.47 Å². The lowest BCUT2D eigenvalue weighted by molar-refractivity contribution is 0.407. The van der Waals surface area contributed by atoms with Gasteiger partial charge in [0.25, 0.3) is 0 Å². The molecule has 6 rings (SSSR count). The molecule has 0 unspecified atom stereocenters. The van der Waals surface area contributed by atoms with Crippen LogP contribution in [0.15, 0.2) is 48.5 Å². The van der Waals surface area contributed by atoms with E-state index in [2.05, 4.69) is 0 Å². The quantitative estimate of drug-likeness (QED) is 0.298. The third-order valence-corrected chi connectivity index (χ3v) is 7.42. The fraction of sp³-hybridized carbons (Fsp3) is 0.200. The lowest BCUT2D eigenvalue weighted by atomic mass is 9.80. The molecule has 182 valence electrons. The second-order valence-corrected chi connectivity index (χ2v) is 9.39. The number of phenols is 4. The summed E-state index contributed by atoms with van der Waals surface area (Å²) in [7, 11) is 3.11. The Bertz CT molecular complexity index is 1550. The molecule has 0 atom stereocenters. The summed E-state index contributed by atoms with van der Waals surface area (Å²) in [5.74, 6) is 1.39. The Kier molecular flexibility index (Phi) is 5.00. The van der Waals surface area contributed by atoms with Crippen LogP contribution in [0.25, 0.3) is 33.4 Å². The first kappa shape index (κ1) is 22.2. The van der Waals surface area contributed by atoms with Crippen molar-refractivity contribution in [1.29, 1.82) is 0 Å². The van der Waals surface area contributed by atoms with Crippen molar-refractivity contribution in [2.75, 3.05) is 14.2 Å². The maximum atomic E-state index is 11.6. The molecule has 2 aliphatic carbocycles. The molecule has 0 spiro atoms. The van der Waals surface area contributed by atoms with Crippen molar-refractivity contribution in [1.82, 2.24) is 0 Å². The summed E-state index contributed by atoms with van der Waals surface area (Å²) in [6.45, 7) is 0. The first-order chi connectivity index (χ1) is 17.4. The Morgan fingerprint density at radius 1 is 0.556 bits per heavy atom. The smallest absolute Gasteiger partial charge is 0.135 e. The number of hydrogen-bond acceptors (Lipinski definition) is 6. The van der Waals surface area contributed by atoms with Gasteiger partial charge in [0, 0.05) is 22.8 Å². The van der Waals surface area contributed by atoms with E-state index in [1.54, 1.807) is 38.5 Å². The summed E-state index contributed by atoms with van der Waals surface area (Å²) in [6.07, 6.45) is 2.84. The SMILES string of the molecule is COc1cc(O)c2c(c1)CCc1cc(O)c(-c3c(OC)cc4c(c3O)-c3ccc(O)cc3CC4)cc1-2. The van der Waals surface area contributed by atoms with Crippen molar-refractivity contribution in [2.24, 2.45) is 0 Å². The van der Waals surface area contributed by atoms with Crippen molar-refractivity contribution in [3.05, 3.63) is 70.8 Å². The molecule has 4 aromatic carbocycles. The monoisotopic (exact) mass is 482 g/mol. The molecule has 2 aliphatic rings. The highest BCUT2D eigenvalue weighted by molar-refractivity contribution is 5.94. The third kappa shape index (κ3) is 3.25. The number of hydrogen-bond donors (Lipinski definition) is 4. The number of methoxy groups -OCH3 is 2. The van der Waals surface area contributed by atoms with Crippen LogP contribution in [0.4, 0.5) is 0 Å². The fourth-order valence-corrected chi connectivity index (χ4v) is 5.74. The van der Waals surface area contributed by atoms with E-state index in [0.717, 1.165) is 39.8 Å². The highest BCUT2D eigenvalue weighted by Crippen LogP contribution is 2.53. The van der Waals surface area contributed by atoms with Crippen LogP contribution in [0.3, 0.4) is 0 Å². The molecule has 6 heteroatoms. The number of ether oxygens (including phenoxy) is 2. The van der Waals surface area contributed by atoms with Gasteiger partial charge in [-0.2, -0.15) is 0 Å². The van der Waals surface area contributed by atoms with E-state index < -0.39 is 0 Å². The lowest BCUT2D eigenvalue weighted by Gasteiger charge is -2.26. The van der Waals surface area contributed by atoms with E-state index in [1.807, 2.05) is 24.3 Å². The Hall–Kier alpha value is -4.32. The van der Waals surface area contributed by atoms with Crippen LogP contribution in [0.2, 0.25) is 0 Å². The van der Waals surface area contributed by atoms with E-state index >= 15 is 0 Å². The molecule has 0 amide bonds. The number of benzene rings is 4. The minimum Gasteiger partial charge on any atom is -0.508 e. The van der Waals surface area contributed by atoms with Gasteiger partial charge in [-0.25, -0.2) is 0 Å². The molecule has 0 aromatic heterocycles. The minimum absolute atomic E-state index is 0.0150. The molecular weight excluding hydrogens is 456 g/mol. The van der Waals surface area contributed by atoms with Crippen LogP contribution in [-0.2, 0) is 25.7 Å². The van der Waals surface area contributed by atoms with Crippen LogP contribution in [0.1, 0.15) is 22.3 Å². The number of phenolic OH excluding ortho intramolecular Hbond substituents is 4.